The summed E-state index contributed by atoms with van der Waals surface area (Å²) in [4.78, 5) is 25.7. The highest BCUT2D eigenvalue weighted by Gasteiger charge is 2.38. The summed E-state index contributed by atoms with van der Waals surface area (Å²) >= 11 is 0. The summed E-state index contributed by atoms with van der Waals surface area (Å²) in [5.41, 5.74) is -0.285. The number of nitrogens with zero attached hydrogens (tertiary/aromatic N) is 1. The maximum Gasteiger partial charge on any atom is 0.318 e. The van der Waals surface area contributed by atoms with Gasteiger partial charge in [0.2, 0.25) is 5.91 Å². The van der Waals surface area contributed by atoms with E-state index in [1.165, 1.54) is 12.8 Å². The molecule has 3 amide bonds. The maximum absolute atomic E-state index is 12.2. The van der Waals surface area contributed by atoms with Crippen LogP contribution in [0.1, 0.15) is 40.5 Å². The van der Waals surface area contributed by atoms with Crippen LogP contribution in [0.5, 0.6) is 0 Å². The molecule has 0 spiro atoms. The Hall–Kier alpha value is -1.30. The van der Waals surface area contributed by atoms with Crippen LogP contribution in [0.15, 0.2) is 0 Å². The number of hydrogen-bond acceptors (Lipinski definition) is 3. The summed E-state index contributed by atoms with van der Waals surface area (Å²) in [7, 11) is 0. The molecule has 0 unspecified atom stereocenters. The van der Waals surface area contributed by atoms with Crippen molar-refractivity contribution in [3.8, 4) is 0 Å². The Kier molecular flexibility index (Phi) is 4.76. The van der Waals surface area contributed by atoms with Gasteiger partial charge in [-0.25, -0.2) is 4.79 Å². The van der Waals surface area contributed by atoms with Crippen LogP contribution in [-0.2, 0) is 9.53 Å². The lowest BCUT2D eigenvalue weighted by Gasteiger charge is -2.37. The minimum absolute atomic E-state index is 0.00986. The van der Waals surface area contributed by atoms with E-state index in [2.05, 4.69) is 10.6 Å². The molecule has 1 aliphatic carbocycles. The molecule has 120 valence electrons. The number of carbonyl (C=O) groups excluding carboxylic acids is 2. The van der Waals surface area contributed by atoms with E-state index in [0.29, 0.717) is 19.0 Å². The molecule has 0 bridgehead atoms. The molecule has 1 saturated heterocycles. The first-order valence-electron chi connectivity index (χ1n) is 7.74. The standard InChI is InChI=1S/C15H27N3O3/c1-10-8-18(9-12(21-10)11-5-6-11)14(20)16-7-13(19)17-15(2,3)4/h10-12H,5-9H2,1-4H3,(H,16,20)(H,17,19)/t10-,12-/m1/s1. The minimum atomic E-state index is -0.285. The highest BCUT2D eigenvalue weighted by atomic mass is 16.5. The SMILES string of the molecule is C[C@@H]1CN(C(=O)NCC(=O)NC(C)(C)C)C[C@H](C2CC2)O1. The van der Waals surface area contributed by atoms with E-state index in [0.717, 1.165) is 0 Å². The second-order valence-electron chi connectivity index (χ2n) is 7.18. The zero-order chi connectivity index (χ0) is 15.6. The van der Waals surface area contributed by atoms with E-state index in [1.807, 2.05) is 27.7 Å². The smallest absolute Gasteiger partial charge is 0.318 e. The van der Waals surface area contributed by atoms with Crippen LogP contribution in [0.3, 0.4) is 0 Å². The number of amides is 3. The second-order valence-corrected chi connectivity index (χ2v) is 7.18. The summed E-state index contributed by atoms with van der Waals surface area (Å²) in [6.07, 6.45) is 2.60. The van der Waals surface area contributed by atoms with Crippen molar-refractivity contribution < 1.29 is 14.3 Å². The van der Waals surface area contributed by atoms with E-state index >= 15 is 0 Å². The lowest BCUT2D eigenvalue weighted by molar-refractivity contribution is -0.121. The minimum Gasteiger partial charge on any atom is -0.371 e. The molecule has 0 aromatic carbocycles. The summed E-state index contributed by atoms with van der Waals surface area (Å²) < 4.78 is 5.88. The Labute approximate surface area is 126 Å². The van der Waals surface area contributed by atoms with Crippen LogP contribution in [0, 0.1) is 5.92 Å². The van der Waals surface area contributed by atoms with Crippen LogP contribution in [0.25, 0.3) is 0 Å². The van der Waals surface area contributed by atoms with E-state index in [1.54, 1.807) is 4.90 Å². The molecule has 0 radical (unpaired) electrons. The Morgan fingerprint density at radius 1 is 1.24 bits per heavy atom. The third kappa shape index (κ3) is 5.19. The predicted molar refractivity (Wildman–Crippen MR) is 79.9 cm³/mol. The summed E-state index contributed by atoms with van der Waals surface area (Å²) in [5.74, 6) is 0.433. The van der Waals surface area contributed by atoms with Gasteiger partial charge in [0, 0.05) is 18.6 Å². The number of hydrogen-bond donors (Lipinski definition) is 2. The van der Waals surface area contributed by atoms with E-state index < -0.39 is 0 Å². The molecule has 2 rings (SSSR count). The molecule has 1 saturated carbocycles. The van der Waals surface area contributed by atoms with Crippen LogP contribution in [0.4, 0.5) is 4.79 Å². The second kappa shape index (κ2) is 6.22. The first kappa shape index (κ1) is 16.1. The van der Waals surface area contributed by atoms with Crippen LogP contribution >= 0.6 is 0 Å². The highest BCUT2D eigenvalue weighted by Crippen LogP contribution is 2.36. The van der Waals surface area contributed by atoms with Crippen LogP contribution < -0.4 is 10.6 Å². The Morgan fingerprint density at radius 3 is 2.48 bits per heavy atom. The molecule has 0 aromatic heterocycles. The highest BCUT2D eigenvalue weighted by molar-refractivity contribution is 5.84. The van der Waals surface area contributed by atoms with Crippen molar-refractivity contribution in [1.82, 2.24) is 15.5 Å². The predicted octanol–water partition coefficient (Wildman–Crippen LogP) is 1.11. The van der Waals surface area contributed by atoms with Crippen LogP contribution in [-0.4, -0.2) is 54.2 Å². The molecule has 0 aromatic rings. The van der Waals surface area contributed by atoms with Gasteiger partial charge < -0.3 is 20.3 Å². The van der Waals surface area contributed by atoms with Crippen molar-refractivity contribution in [3.63, 3.8) is 0 Å². The topological polar surface area (TPSA) is 70.7 Å². The third-order valence-corrected chi connectivity index (χ3v) is 3.63. The quantitative estimate of drug-likeness (QED) is 0.820. The fourth-order valence-corrected chi connectivity index (χ4v) is 2.61. The average molecular weight is 297 g/mol. The van der Waals surface area contributed by atoms with Gasteiger partial charge in [0.1, 0.15) is 0 Å². The van der Waals surface area contributed by atoms with Crippen LogP contribution in [0.2, 0.25) is 0 Å². The number of rotatable bonds is 3. The van der Waals surface area contributed by atoms with Gasteiger partial charge in [-0.15, -0.1) is 0 Å². The lowest BCUT2D eigenvalue weighted by atomic mass is 10.1. The molecule has 2 fully saturated rings. The molecule has 1 aliphatic heterocycles. The molecule has 1 heterocycles. The van der Waals surface area contributed by atoms with Gasteiger partial charge in [0.15, 0.2) is 0 Å². The van der Waals surface area contributed by atoms with E-state index in [9.17, 15) is 9.59 Å². The van der Waals surface area contributed by atoms with Gasteiger partial charge in [-0.2, -0.15) is 0 Å². The van der Waals surface area contributed by atoms with Gasteiger partial charge in [-0.1, -0.05) is 0 Å². The fraction of sp³-hybridized carbons (Fsp3) is 0.867. The molecular formula is C15H27N3O3. The number of urea groups is 1. The van der Waals surface area contributed by atoms with Crippen molar-refractivity contribution in [1.29, 1.82) is 0 Å². The zero-order valence-electron chi connectivity index (χ0n) is 13.4. The maximum atomic E-state index is 12.2. The number of ether oxygens (including phenoxy) is 1. The molecule has 6 nitrogen and oxygen atoms in total. The molecule has 2 N–H and O–H groups in total. The van der Waals surface area contributed by atoms with Gasteiger partial charge in [-0.3, -0.25) is 4.79 Å². The van der Waals surface area contributed by atoms with Crippen molar-refractivity contribution in [2.45, 2.75) is 58.3 Å². The molecule has 21 heavy (non-hydrogen) atoms. The van der Waals surface area contributed by atoms with Gasteiger partial charge in [0.05, 0.1) is 18.8 Å². The van der Waals surface area contributed by atoms with Crippen molar-refractivity contribution >= 4 is 11.9 Å². The average Bonchev–Trinajstić information content (AvgIpc) is 3.17. The summed E-state index contributed by atoms with van der Waals surface area (Å²) in [5, 5.41) is 5.52. The Balaban J connectivity index is 1.78. The van der Waals surface area contributed by atoms with E-state index in [-0.39, 0.29) is 36.2 Å². The van der Waals surface area contributed by atoms with Gasteiger partial charge in [0.25, 0.3) is 0 Å². The molecule has 2 aliphatic rings. The largest absolute Gasteiger partial charge is 0.371 e. The normalized spacial score (nSPS) is 26.4. The van der Waals surface area contributed by atoms with Crippen molar-refractivity contribution in [2.75, 3.05) is 19.6 Å². The first-order chi connectivity index (χ1) is 9.74. The lowest BCUT2D eigenvalue weighted by Crippen LogP contribution is -2.54. The van der Waals surface area contributed by atoms with Gasteiger partial charge >= 0.3 is 6.03 Å². The Bertz CT molecular complexity index is 401. The fourth-order valence-electron chi connectivity index (χ4n) is 2.61. The number of carbonyl (C=O) groups is 2. The van der Waals surface area contributed by atoms with Crippen molar-refractivity contribution in [3.05, 3.63) is 0 Å². The molecular weight excluding hydrogens is 270 g/mol. The summed E-state index contributed by atoms with van der Waals surface area (Å²) in [6, 6.07) is -0.181. The molecule has 6 heteroatoms. The Morgan fingerprint density at radius 2 is 1.90 bits per heavy atom. The van der Waals surface area contributed by atoms with Crippen molar-refractivity contribution in [2.24, 2.45) is 5.92 Å². The monoisotopic (exact) mass is 297 g/mol. The summed E-state index contributed by atoms with van der Waals surface area (Å²) in [6.45, 7) is 8.94. The van der Waals surface area contributed by atoms with Gasteiger partial charge in [-0.05, 0) is 46.5 Å². The van der Waals surface area contributed by atoms with E-state index in [4.69, 9.17) is 4.74 Å². The molecule has 2 atom stereocenters. The third-order valence-electron chi connectivity index (χ3n) is 3.63. The number of morpholine rings is 1. The zero-order valence-corrected chi connectivity index (χ0v) is 13.4. The first-order valence-corrected chi connectivity index (χ1v) is 7.74. The number of nitrogens with one attached hydrogen (secondary N) is 2.